The number of carboxylic acids is 1. The number of benzene rings is 1. The number of hydrogen-bond acceptors (Lipinski definition) is 3. The van der Waals surface area contributed by atoms with E-state index in [1.807, 2.05) is 31.2 Å². The van der Waals surface area contributed by atoms with Gasteiger partial charge in [-0.25, -0.2) is 0 Å². The number of carboxylic acid groups (broad SMARTS) is 1. The molecule has 4 heteroatoms. The van der Waals surface area contributed by atoms with Gasteiger partial charge in [0.1, 0.15) is 5.75 Å². The van der Waals surface area contributed by atoms with E-state index in [2.05, 4.69) is 0 Å². The second kappa shape index (κ2) is 6.43. The van der Waals surface area contributed by atoms with Crippen molar-refractivity contribution in [1.82, 2.24) is 0 Å². The van der Waals surface area contributed by atoms with Crippen LogP contribution < -0.4 is 4.74 Å². The van der Waals surface area contributed by atoms with E-state index in [1.165, 1.54) is 5.56 Å². The first-order chi connectivity index (χ1) is 7.61. The maximum absolute atomic E-state index is 10.5. The molecule has 0 spiro atoms. The molecule has 1 N–H and O–H groups in total. The molecule has 0 amide bonds. The zero-order valence-corrected chi connectivity index (χ0v) is 10.3. The lowest BCUT2D eigenvalue weighted by molar-refractivity contribution is -0.136. The minimum atomic E-state index is -0.741. The second-order valence-electron chi connectivity index (χ2n) is 3.57. The van der Waals surface area contributed by atoms with Gasteiger partial charge in [-0.05, 0) is 17.7 Å². The summed E-state index contributed by atoms with van der Waals surface area (Å²) in [6.07, 6.45) is 0.209. The normalized spacial score (nSPS) is 12.1. The third kappa shape index (κ3) is 4.57. The molecule has 88 valence electrons. The van der Waals surface area contributed by atoms with E-state index in [0.717, 1.165) is 11.5 Å². The number of rotatable bonds is 6. The molecule has 1 rings (SSSR count). The molecule has 0 saturated heterocycles. The largest absolute Gasteiger partial charge is 0.497 e. The highest BCUT2D eigenvalue weighted by Gasteiger charge is 2.07. The summed E-state index contributed by atoms with van der Waals surface area (Å²) in [7, 11) is 1.64. The van der Waals surface area contributed by atoms with Crippen molar-refractivity contribution in [2.45, 2.75) is 24.3 Å². The van der Waals surface area contributed by atoms with Gasteiger partial charge in [0.25, 0.3) is 0 Å². The van der Waals surface area contributed by atoms with Crippen LogP contribution in [0.4, 0.5) is 0 Å². The number of aliphatic carboxylic acids is 1. The van der Waals surface area contributed by atoms with Crippen molar-refractivity contribution in [3.05, 3.63) is 29.8 Å². The highest BCUT2D eigenvalue weighted by atomic mass is 32.2. The molecule has 0 radical (unpaired) electrons. The summed E-state index contributed by atoms with van der Waals surface area (Å²) in [6.45, 7) is 1.93. The Morgan fingerprint density at radius 3 is 2.56 bits per heavy atom. The predicted molar refractivity (Wildman–Crippen MR) is 66.0 cm³/mol. The van der Waals surface area contributed by atoms with E-state index in [1.54, 1.807) is 18.9 Å². The summed E-state index contributed by atoms with van der Waals surface area (Å²) in [5, 5.41) is 8.76. The lowest BCUT2D eigenvalue weighted by Gasteiger charge is -2.08. The fourth-order valence-corrected chi connectivity index (χ4v) is 2.19. The fraction of sp³-hybridized carbons (Fsp3) is 0.417. The van der Waals surface area contributed by atoms with E-state index in [9.17, 15) is 4.79 Å². The number of methoxy groups -OCH3 is 1. The Morgan fingerprint density at radius 2 is 2.06 bits per heavy atom. The molecule has 1 unspecified atom stereocenters. The predicted octanol–water partition coefficient (Wildman–Crippen LogP) is 2.79. The van der Waals surface area contributed by atoms with Crippen molar-refractivity contribution < 1.29 is 14.6 Å². The SMILES string of the molecule is COc1ccc(CSC(C)CC(=O)O)cc1. The van der Waals surface area contributed by atoms with Crippen molar-refractivity contribution in [1.29, 1.82) is 0 Å². The molecule has 0 aliphatic carbocycles. The molecule has 0 heterocycles. The second-order valence-corrected chi connectivity index (χ2v) is 4.99. The molecule has 0 bridgehead atoms. The summed E-state index contributed by atoms with van der Waals surface area (Å²) in [6, 6.07) is 7.83. The third-order valence-corrected chi connectivity index (χ3v) is 3.39. The van der Waals surface area contributed by atoms with Crippen molar-refractivity contribution in [2.75, 3.05) is 7.11 Å². The minimum absolute atomic E-state index is 0.139. The van der Waals surface area contributed by atoms with Crippen LogP contribution in [0.3, 0.4) is 0 Å². The Labute approximate surface area is 99.8 Å². The van der Waals surface area contributed by atoms with E-state index in [0.29, 0.717) is 0 Å². The quantitative estimate of drug-likeness (QED) is 0.830. The van der Waals surface area contributed by atoms with Gasteiger partial charge in [0, 0.05) is 11.0 Å². The monoisotopic (exact) mass is 240 g/mol. The third-order valence-electron chi connectivity index (χ3n) is 2.16. The van der Waals surface area contributed by atoms with E-state index in [4.69, 9.17) is 9.84 Å². The van der Waals surface area contributed by atoms with Crippen molar-refractivity contribution in [3.63, 3.8) is 0 Å². The van der Waals surface area contributed by atoms with Crippen molar-refractivity contribution in [3.8, 4) is 5.75 Å². The van der Waals surface area contributed by atoms with E-state index < -0.39 is 5.97 Å². The Kier molecular flexibility index (Phi) is 5.19. The van der Waals surface area contributed by atoms with Crippen LogP contribution in [-0.4, -0.2) is 23.4 Å². The lowest BCUT2D eigenvalue weighted by Crippen LogP contribution is -2.05. The van der Waals surface area contributed by atoms with Crippen LogP contribution in [0.1, 0.15) is 18.9 Å². The van der Waals surface area contributed by atoms with Gasteiger partial charge in [-0.1, -0.05) is 19.1 Å². The summed E-state index contributed by atoms with van der Waals surface area (Å²) in [5.74, 6) is 0.931. The van der Waals surface area contributed by atoms with Gasteiger partial charge >= 0.3 is 5.97 Å². The maximum atomic E-state index is 10.5. The van der Waals surface area contributed by atoms with Gasteiger partial charge in [-0.15, -0.1) is 0 Å². The molecule has 16 heavy (non-hydrogen) atoms. The number of ether oxygens (including phenoxy) is 1. The van der Waals surface area contributed by atoms with Gasteiger partial charge in [0.05, 0.1) is 13.5 Å². The highest BCUT2D eigenvalue weighted by Crippen LogP contribution is 2.21. The van der Waals surface area contributed by atoms with Crippen molar-refractivity contribution in [2.24, 2.45) is 0 Å². The summed E-state index contributed by atoms with van der Waals surface area (Å²) in [4.78, 5) is 10.5. The van der Waals surface area contributed by atoms with E-state index >= 15 is 0 Å². The van der Waals surface area contributed by atoms with Crippen LogP contribution in [0, 0.1) is 0 Å². The molecule has 0 aliphatic heterocycles. The first-order valence-electron chi connectivity index (χ1n) is 5.08. The van der Waals surface area contributed by atoms with Crippen molar-refractivity contribution >= 4 is 17.7 Å². The fourth-order valence-electron chi connectivity index (χ4n) is 1.27. The molecule has 0 aromatic heterocycles. The van der Waals surface area contributed by atoms with Crippen LogP contribution in [0.25, 0.3) is 0 Å². The Bertz CT molecular complexity index is 335. The summed E-state index contributed by atoms with van der Waals surface area (Å²) < 4.78 is 5.06. The van der Waals surface area contributed by atoms with Gasteiger partial charge < -0.3 is 9.84 Å². The van der Waals surface area contributed by atoms with Gasteiger partial charge in [-0.2, -0.15) is 11.8 Å². The molecule has 1 aromatic carbocycles. The smallest absolute Gasteiger partial charge is 0.304 e. The zero-order chi connectivity index (χ0) is 12.0. The van der Waals surface area contributed by atoms with E-state index in [-0.39, 0.29) is 11.7 Å². The highest BCUT2D eigenvalue weighted by molar-refractivity contribution is 7.99. The molecule has 0 aliphatic rings. The standard InChI is InChI=1S/C12H16O3S/c1-9(7-12(13)14)16-8-10-3-5-11(15-2)6-4-10/h3-6,9H,7-8H2,1-2H3,(H,13,14). The van der Waals surface area contributed by atoms with Crippen LogP contribution in [0.15, 0.2) is 24.3 Å². The Hall–Kier alpha value is -1.16. The molecule has 3 nitrogen and oxygen atoms in total. The molecular weight excluding hydrogens is 224 g/mol. The molecule has 0 fully saturated rings. The number of thioether (sulfide) groups is 1. The van der Waals surface area contributed by atoms with Gasteiger partial charge in [0.2, 0.25) is 0 Å². The average Bonchev–Trinajstić information content (AvgIpc) is 2.26. The minimum Gasteiger partial charge on any atom is -0.497 e. The molecule has 1 atom stereocenters. The first-order valence-corrected chi connectivity index (χ1v) is 6.13. The van der Waals surface area contributed by atoms with Gasteiger partial charge in [0.15, 0.2) is 0 Å². The van der Waals surface area contributed by atoms with Crippen LogP contribution in [0.2, 0.25) is 0 Å². The number of carbonyl (C=O) groups is 1. The average molecular weight is 240 g/mol. The molecule has 1 aromatic rings. The maximum Gasteiger partial charge on any atom is 0.304 e. The molecule has 0 saturated carbocycles. The first kappa shape index (κ1) is 12.9. The van der Waals surface area contributed by atoms with Crippen LogP contribution in [0.5, 0.6) is 5.75 Å². The van der Waals surface area contributed by atoms with Crippen LogP contribution >= 0.6 is 11.8 Å². The number of hydrogen-bond donors (Lipinski definition) is 1. The topological polar surface area (TPSA) is 46.5 Å². The zero-order valence-electron chi connectivity index (χ0n) is 9.47. The Balaban J connectivity index is 2.39. The molecular formula is C12H16O3S. The van der Waals surface area contributed by atoms with Crippen LogP contribution in [-0.2, 0) is 10.5 Å². The summed E-state index contributed by atoms with van der Waals surface area (Å²) in [5.41, 5.74) is 1.18. The summed E-state index contributed by atoms with van der Waals surface area (Å²) >= 11 is 1.65. The Morgan fingerprint density at radius 1 is 1.44 bits per heavy atom. The van der Waals surface area contributed by atoms with Gasteiger partial charge in [-0.3, -0.25) is 4.79 Å². The lowest BCUT2D eigenvalue weighted by atomic mass is 10.2.